The van der Waals surface area contributed by atoms with E-state index in [1.165, 1.54) is 0 Å². The number of hydrogen-bond donors (Lipinski definition) is 3. The Bertz CT molecular complexity index is 1110. The molecule has 2 amide bonds. The highest BCUT2D eigenvalue weighted by molar-refractivity contribution is 7.80. The summed E-state index contributed by atoms with van der Waals surface area (Å²) in [7, 11) is 1.58. The summed E-state index contributed by atoms with van der Waals surface area (Å²) < 4.78 is 10.6. The highest BCUT2D eigenvalue weighted by Crippen LogP contribution is 2.19. The minimum absolute atomic E-state index is 0.0648. The van der Waals surface area contributed by atoms with Crippen LogP contribution in [0, 0.1) is 0 Å². The summed E-state index contributed by atoms with van der Waals surface area (Å²) in [5, 5.41) is 8.53. The van der Waals surface area contributed by atoms with Gasteiger partial charge in [0.05, 0.1) is 23.4 Å². The maximum atomic E-state index is 12.7. The van der Waals surface area contributed by atoms with Crippen molar-refractivity contribution < 1.29 is 19.1 Å². The van der Waals surface area contributed by atoms with Crippen molar-refractivity contribution in [1.29, 1.82) is 0 Å². The second-order valence-electron chi connectivity index (χ2n) is 6.96. The van der Waals surface area contributed by atoms with Crippen molar-refractivity contribution in [3.05, 3.63) is 95.6 Å². The molecule has 0 aliphatic carbocycles. The molecule has 3 aromatic rings. The number of benzene rings is 3. The van der Waals surface area contributed by atoms with Crippen LogP contribution in [-0.4, -0.2) is 37.3 Å². The molecule has 7 nitrogen and oxygen atoms in total. The Hall–Kier alpha value is -3.75. The largest absolute Gasteiger partial charge is 0.490 e. The average Bonchev–Trinajstić information content (AvgIpc) is 2.84. The van der Waals surface area contributed by atoms with Gasteiger partial charge in [-0.1, -0.05) is 54.6 Å². The molecule has 0 heterocycles. The van der Waals surface area contributed by atoms with E-state index in [0.29, 0.717) is 42.3 Å². The van der Waals surface area contributed by atoms with Gasteiger partial charge >= 0.3 is 0 Å². The van der Waals surface area contributed by atoms with Crippen LogP contribution < -0.4 is 20.7 Å². The zero-order valence-corrected chi connectivity index (χ0v) is 19.0. The SMILES string of the molecule is COCCOc1ccccc1C(=O)NC(=S)Nc1ccccc1C(=O)NCc1ccccc1. The number of carbonyl (C=O) groups is 2. The first-order valence-electron chi connectivity index (χ1n) is 10.3. The van der Waals surface area contributed by atoms with Gasteiger partial charge in [-0.15, -0.1) is 0 Å². The van der Waals surface area contributed by atoms with Crippen molar-refractivity contribution in [3.63, 3.8) is 0 Å². The molecule has 0 radical (unpaired) electrons. The van der Waals surface area contributed by atoms with Crippen molar-refractivity contribution in [1.82, 2.24) is 10.6 Å². The third kappa shape index (κ3) is 7.13. The maximum Gasteiger partial charge on any atom is 0.261 e. The van der Waals surface area contributed by atoms with Gasteiger partial charge in [0.25, 0.3) is 11.8 Å². The molecule has 0 spiro atoms. The quantitative estimate of drug-likeness (QED) is 0.331. The second kappa shape index (κ2) is 12.3. The van der Waals surface area contributed by atoms with Crippen LogP contribution in [0.3, 0.4) is 0 Å². The number of thiocarbonyl (C=S) groups is 1. The number of amides is 2. The van der Waals surface area contributed by atoms with E-state index in [0.717, 1.165) is 5.56 Å². The van der Waals surface area contributed by atoms with Crippen LogP contribution in [0.5, 0.6) is 5.75 Å². The first-order chi connectivity index (χ1) is 16.1. The Morgan fingerprint density at radius 2 is 1.48 bits per heavy atom. The third-order valence-corrected chi connectivity index (χ3v) is 4.82. The number of ether oxygens (including phenoxy) is 2. The van der Waals surface area contributed by atoms with E-state index < -0.39 is 5.91 Å². The minimum atomic E-state index is -0.425. The highest BCUT2D eigenvalue weighted by atomic mass is 32.1. The number of anilines is 1. The summed E-state index contributed by atoms with van der Waals surface area (Å²) in [6, 6.07) is 23.4. The van der Waals surface area contributed by atoms with Crippen LogP contribution >= 0.6 is 12.2 Å². The Balaban J connectivity index is 1.63. The highest BCUT2D eigenvalue weighted by Gasteiger charge is 2.16. The van der Waals surface area contributed by atoms with Crippen LogP contribution in [0.4, 0.5) is 5.69 Å². The van der Waals surface area contributed by atoms with E-state index >= 15 is 0 Å². The summed E-state index contributed by atoms with van der Waals surface area (Å²) in [5.41, 5.74) is 2.23. The van der Waals surface area contributed by atoms with Gasteiger partial charge in [-0.2, -0.15) is 0 Å². The molecule has 0 saturated carbocycles. The molecular formula is C25H25N3O4S. The fourth-order valence-electron chi connectivity index (χ4n) is 3.00. The fraction of sp³-hybridized carbons (Fsp3) is 0.160. The molecular weight excluding hydrogens is 438 g/mol. The number of rotatable bonds is 9. The smallest absolute Gasteiger partial charge is 0.261 e. The van der Waals surface area contributed by atoms with Crippen LogP contribution in [0.15, 0.2) is 78.9 Å². The molecule has 0 bridgehead atoms. The lowest BCUT2D eigenvalue weighted by Gasteiger charge is -2.15. The predicted octanol–water partition coefficient (Wildman–Crippen LogP) is 3.77. The van der Waals surface area contributed by atoms with Gasteiger partial charge in [-0.25, -0.2) is 0 Å². The molecule has 0 aliphatic rings. The van der Waals surface area contributed by atoms with E-state index in [1.807, 2.05) is 30.3 Å². The standard InChI is InChI=1S/C25H25N3O4S/c1-31-15-16-32-22-14-8-6-12-20(22)24(30)28-25(33)27-21-13-7-5-11-19(21)23(29)26-17-18-9-3-2-4-10-18/h2-14H,15-17H2,1H3,(H,26,29)(H2,27,28,30,33). The van der Waals surface area contributed by atoms with Crippen LogP contribution in [0.25, 0.3) is 0 Å². The molecule has 0 saturated heterocycles. The monoisotopic (exact) mass is 463 g/mol. The Kier molecular flexibility index (Phi) is 8.93. The van der Waals surface area contributed by atoms with E-state index in [9.17, 15) is 9.59 Å². The Morgan fingerprint density at radius 1 is 0.818 bits per heavy atom. The molecule has 0 atom stereocenters. The number of methoxy groups -OCH3 is 1. The van der Waals surface area contributed by atoms with Gasteiger partial charge < -0.3 is 20.1 Å². The second-order valence-corrected chi connectivity index (χ2v) is 7.37. The zero-order valence-electron chi connectivity index (χ0n) is 18.2. The van der Waals surface area contributed by atoms with Crippen LogP contribution in [0.1, 0.15) is 26.3 Å². The van der Waals surface area contributed by atoms with Gasteiger partial charge in [-0.05, 0) is 42.0 Å². The van der Waals surface area contributed by atoms with Gasteiger partial charge in [-0.3, -0.25) is 14.9 Å². The lowest BCUT2D eigenvalue weighted by Crippen LogP contribution is -2.35. The minimum Gasteiger partial charge on any atom is -0.490 e. The number of hydrogen-bond acceptors (Lipinski definition) is 5. The lowest BCUT2D eigenvalue weighted by molar-refractivity contribution is 0.0949. The van der Waals surface area contributed by atoms with Crippen molar-refractivity contribution in [3.8, 4) is 5.75 Å². The maximum absolute atomic E-state index is 12.7. The van der Waals surface area contributed by atoms with Crippen molar-refractivity contribution in [2.75, 3.05) is 25.6 Å². The normalized spacial score (nSPS) is 10.2. The first-order valence-corrected chi connectivity index (χ1v) is 10.7. The van der Waals surface area contributed by atoms with Gasteiger partial charge in [0, 0.05) is 13.7 Å². The molecule has 170 valence electrons. The number of nitrogens with one attached hydrogen (secondary N) is 3. The molecule has 0 unspecified atom stereocenters. The molecule has 0 aromatic heterocycles. The van der Waals surface area contributed by atoms with Gasteiger partial charge in [0.15, 0.2) is 5.11 Å². The summed E-state index contributed by atoms with van der Waals surface area (Å²) in [4.78, 5) is 25.5. The van der Waals surface area contributed by atoms with E-state index in [1.54, 1.807) is 55.6 Å². The average molecular weight is 464 g/mol. The lowest BCUT2D eigenvalue weighted by atomic mass is 10.1. The van der Waals surface area contributed by atoms with E-state index in [4.69, 9.17) is 21.7 Å². The summed E-state index contributed by atoms with van der Waals surface area (Å²) >= 11 is 5.31. The molecule has 33 heavy (non-hydrogen) atoms. The Morgan fingerprint density at radius 3 is 2.24 bits per heavy atom. The molecule has 0 fully saturated rings. The summed E-state index contributed by atoms with van der Waals surface area (Å²) in [6.45, 7) is 1.11. The van der Waals surface area contributed by atoms with Crippen LogP contribution in [-0.2, 0) is 11.3 Å². The first kappa shape index (κ1) is 23.9. The number of para-hydroxylation sites is 2. The van der Waals surface area contributed by atoms with Gasteiger partial charge in [0.1, 0.15) is 12.4 Å². The molecule has 8 heteroatoms. The predicted molar refractivity (Wildman–Crippen MR) is 132 cm³/mol. The van der Waals surface area contributed by atoms with Crippen molar-refractivity contribution >= 4 is 34.8 Å². The van der Waals surface area contributed by atoms with E-state index in [2.05, 4.69) is 16.0 Å². The van der Waals surface area contributed by atoms with Crippen molar-refractivity contribution in [2.45, 2.75) is 6.54 Å². The fourth-order valence-corrected chi connectivity index (χ4v) is 3.21. The van der Waals surface area contributed by atoms with Crippen molar-refractivity contribution in [2.24, 2.45) is 0 Å². The summed E-state index contributed by atoms with van der Waals surface area (Å²) in [6.07, 6.45) is 0. The topological polar surface area (TPSA) is 88.7 Å². The Labute approximate surface area is 198 Å². The molecule has 3 aromatic carbocycles. The number of carbonyl (C=O) groups excluding carboxylic acids is 2. The third-order valence-electron chi connectivity index (χ3n) is 4.62. The van der Waals surface area contributed by atoms with Crippen LogP contribution in [0.2, 0.25) is 0 Å². The zero-order chi connectivity index (χ0) is 23.5. The molecule has 0 aliphatic heterocycles. The van der Waals surface area contributed by atoms with Gasteiger partial charge in [0.2, 0.25) is 0 Å². The molecule has 3 N–H and O–H groups in total. The summed E-state index contributed by atoms with van der Waals surface area (Å²) in [5.74, 6) is -0.255. The van der Waals surface area contributed by atoms with E-state index in [-0.39, 0.29) is 11.0 Å². The molecule has 3 rings (SSSR count).